The monoisotopic (exact) mass is 266 g/mol. The zero-order valence-corrected chi connectivity index (χ0v) is 12.9. The van der Waals surface area contributed by atoms with E-state index in [4.69, 9.17) is 9.78 Å². The van der Waals surface area contributed by atoms with Crippen LogP contribution in [-0.2, 0) is 16.2 Å². The largest absolute Gasteiger partial charge is 0.237 e. The van der Waals surface area contributed by atoms with Gasteiger partial charge < -0.3 is 0 Å². The third-order valence-corrected chi connectivity index (χ3v) is 2.63. The third-order valence-electron chi connectivity index (χ3n) is 2.63. The molecule has 1 aromatic carbocycles. The number of aryl methyl sites for hydroxylation is 1. The van der Waals surface area contributed by atoms with E-state index in [1.54, 1.807) is 0 Å². The topological polar surface area (TPSA) is 18.5 Å². The Hall–Kier alpha value is -0.860. The lowest BCUT2D eigenvalue weighted by atomic mass is 10.1. The van der Waals surface area contributed by atoms with Crippen molar-refractivity contribution in [1.29, 1.82) is 0 Å². The maximum atomic E-state index is 4.88. The van der Waals surface area contributed by atoms with Gasteiger partial charge in [0.2, 0.25) is 0 Å². The van der Waals surface area contributed by atoms with Gasteiger partial charge in [-0.2, -0.15) is 0 Å². The van der Waals surface area contributed by atoms with E-state index in [2.05, 4.69) is 51.1 Å². The number of hydrogen-bond acceptors (Lipinski definition) is 2. The quantitative estimate of drug-likeness (QED) is 0.348. The molecule has 0 heterocycles. The zero-order chi connectivity index (χ0) is 14.2. The minimum atomic E-state index is 0.736. The first-order chi connectivity index (χ1) is 9.35. The van der Waals surface area contributed by atoms with E-state index in [1.807, 2.05) is 0 Å². The van der Waals surface area contributed by atoms with Crippen molar-refractivity contribution in [3.63, 3.8) is 0 Å². The number of benzene rings is 1. The summed E-state index contributed by atoms with van der Waals surface area (Å²) in [7, 11) is 0. The summed E-state index contributed by atoms with van der Waals surface area (Å²) in [4.78, 5) is 9.75. The fraction of sp³-hybridized carbons (Fsp3) is 0.647. The molecule has 0 N–H and O–H groups in total. The van der Waals surface area contributed by atoms with E-state index in [0.29, 0.717) is 0 Å². The molecule has 110 valence electrons. The number of rotatable bonds is 9. The average Bonchev–Trinajstić information content (AvgIpc) is 2.45. The van der Waals surface area contributed by atoms with E-state index in [9.17, 15) is 0 Å². The summed E-state index contributed by atoms with van der Waals surface area (Å²) in [6.07, 6.45) is 6.96. The predicted molar refractivity (Wildman–Crippen MR) is 82.2 cm³/mol. The first-order valence-electron chi connectivity index (χ1n) is 7.63. The predicted octanol–water partition coefficient (Wildman–Crippen LogP) is 5.17. The van der Waals surface area contributed by atoms with Crippen LogP contribution in [-0.4, -0.2) is 13.2 Å². The molecule has 1 aromatic rings. The van der Waals surface area contributed by atoms with Gasteiger partial charge in [-0.15, -0.1) is 0 Å². The van der Waals surface area contributed by atoms with Crippen LogP contribution in [0.1, 0.15) is 58.4 Å². The Bertz CT molecular complexity index is 251. The minimum Gasteiger partial charge on any atom is -0.237 e. The van der Waals surface area contributed by atoms with Crippen LogP contribution in [0, 0.1) is 0 Å². The van der Waals surface area contributed by atoms with Crippen LogP contribution in [0.15, 0.2) is 30.3 Å². The van der Waals surface area contributed by atoms with E-state index in [0.717, 1.165) is 38.9 Å². The van der Waals surface area contributed by atoms with Crippen molar-refractivity contribution < 1.29 is 9.78 Å². The molecule has 0 amide bonds. The molecule has 0 spiro atoms. The van der Waals surface area contributed by atoms with Crippen molar-refractivity contribution in [2.24, 2.45) is 0 Å². The Morgan fingerprint density at radius 1 is 0.737 bits per heavy atom. The molecule has 0 aliphatic carbocycles. The molecule has 2 heteroatoms. The van der Waals surface area contributed by atoms with Crippen molar-refractivity contribution in [3.05, 3.63) is 35.9 Å². The molecule has 0 aromatic heterocycles. The smallest absolute Gasteiger partial charge is 0.0822 e. The number of unbranched alkanes of at least 4 members (excludes halogenated alkanes) is 2. The van der Waals surface area contributed by atoms with E-state index in [1.165, 1.54) is 18.4 Å². The Labute approximate surface area is 119 Å². The summed E-state index contributed by atoms with van der Waals surface area (Å²) in [5.74, 6) is 0. The van der Waals surface area contributed by atoms with Crippen molar-refractivity contribution in [3.8, 4) is 0 Å². The Morgan fingerprint density at radius 3 is 1.68 bits per heavy atom. The van der Waals surface area contributed by atoms with Crippen molar-refractivity contribution in [1.82, 2.24) is 0 Å². The molecule has 0 aliphatic heterocycles. The van der Waals surface area contributed by atoms with Crippen LogP contribution in [0.25, 0.3) is 0 Å². The molecule has 0 radical (unpaired) electrons. The van der Waals surface area contributed by atoms with Gasteiger partial charge >= 0.3 is 0 Å². The van der Waals surface area contributed by atoms with Crippen LogP contribution in [0.2, 0.25) is 0 Å². The highest BCUT2D eigenvalue weighted by atomic mass is 17.2. The number of hydrogen-bond donors (Lipinski definition) is 0. The first kappa shape index (κ1) is 18.1. The normalized spacial score (nSPS) is 9.84. The molecular weight excluding hydrogens is 236 g/mol. The fourth-order valence-corrected chi connectivity index (χ4v) is 1.46. The average molecular weight is 266 g/mol. The molecular formula is C17H30O2. The molecule has 0 atom stereocenters. The lowest BCUT2D eigenvalue weighted by Crippen LogP contribution is -1.97. The van der Waals surface area contributed by atoms with Gasteiger partial charge in [-0.1, -0.05) is 70.4 Å². The SMILES string of the molecule is CCCCOOCCCC.CCCc1ccccc1. The van der Waals surface area contributed by atoms with Crippen molar-refractivity contribution >= 4 is 0 Å². The second-order valence-electron chi connectivity index (χ2n) is 4.59. The van der Waals surface area contributed by atoms with Gasteiger partial charge in [-0.05, 0) is 24.8 Å². The first-order valence-corrected chi connectivity index (χ1v) is 7.63. The highest BCUT2D eigenvalue weighted by Gasteiger charge is 1.87. The van der Waals surface area contributed by atoms with Gasteiger partial charge in [-0.3, -0.25) is 0 Å². The van der Waals surface area contributed by atoms with Crippen LogP contribution >= 0.6 is 0 Å². The molecule has 0 unspecified atom stereocenters. The van der Waals surface area contributed by atoms with Gasteiger partial charge in [0.05, 0.1) is 13.2 Å². The molecule has 0 saturated heterocycles. The maximum absolute atomic E-state index is 4.88. The lowest BCUT2D eigenvalue weighted by Gasteiger charge is -2.00. The van der Waals surface area contributed by atoms with E-state index in [-0.39, 0.29) is 0 Å². The van der Waals surface area contributed by atoms with E-state index >= 15 is 0 Å². The maximum Gasteiger partial charge on any atom is 0.0822 e. The van der Waals surface area contributed by atoms with Crippen LogP contribution in [0.5, 0.6) is 0 Å². The highest BCUT2D eigenvalue weighted by molar-refractivity contribution is 5.14. The summed E-state index contributed by atoms with van der Waals surface area (Å²) < 4.78 is 0. The zero-order valence-electron chi connectivity index (χ0n) is 12.9. The Balaban J connectivity index is 0.000000342. The molecule has 1 rings (SSSR count). The third kappa shape index (κ3) is 13.4. The summed E-state index contributed by atoms with van der Waals surface area (Å²) in [5, 5.41) is 0. The second-order valence-corrected chi connectivity index (χ2v) is 4.59. The van der Waals surface area contributed by atoms with Gasteiger partial charge in [0.1, 0.15) is 0 Å². The summed E-state index contributed by atoms with van der Waals surface area (Å²) in [6.45, 7) is 7.94. The molecule has 0 bridgehead atoms. The van der Waals surface area contributed by atoms with Gasteiger partial charge in [-0.25, -0.2) is 9.78 Å². The lowest BCUT2D eigenvalue weighted by molar-refractivity contribution is -0.295. The Morgan fingerprint density at radius 2 is 1.26 bits per heavy atom. The minimum absolute atomic E-state index is 0.736. The van der Waals surface area contributed by atoms with E-state index < -0.39 is 0 Å². The van der Waals surface area contributed by atoms with Gasteiger partial charge in [0.25, 0.3) is 0 Å². The second kappa shape index (κ2) is 15.2. The summed E-state index contributed by atoms with van der Waals surface area (Å²) in [6, 6.07) is 10.6. The van der Waals surface area contributed by atoms with Crippen LogP contribution in [0.4, 0.5) is 0 Å². The van der Waals surface area contributed by atoms with Crippen molar-refractivity contribution in [2.75, 3.05) is 13.2 Å². The molecule has 0 fully saturated rings. The molecule has 0 aliphatic rings. The molecule has 19 heavy (non-hydrogen) atoms. The molecule has 0 saturated carbocycles. The standard InChI is InChI=1S/C9H12.C8H18O2/c1-2-6-9-7-4-3-5-8-9;1-3-5-7-9-10-8-6-4-2/h3-5,7-8H,2,6H2,1H3;3-8H2,1-2H3. The van der Waals surface area contributed by atoms with Gasteiger partial charge in [0.15, 0.2) is 0 Å². The summed E-state index contributed by atoms with van der Waals surface area (Å²) in [5.41, 5.74) is 1.44. The van der Waals surface area contributed by atoms with Crippen molar-refractivity contribution in [2.45, 2.75) is 59.3 Å². The van der Waals surface area contributed by atoms with Gasteiger partial charge in [0, 0.05) is 0 Å². The van der Waals surface area contributed by atoms with Crippen LogP contribution in [0.3, 0.4) is 0 Å². The fourth-order valence-electron chi connectivity index (χ4n) is 1.46. The Kier molecular flexibility index (Phi) is 14.5. The van der Waals surface area contributed by atoms with Crippen LogP contribution < -0.4 is 0 Å². The highest BCUT2D eigenvalue weighted by Crippen LogP contribution is 2.00. The molecule has 2 nitrogen and oxygen atoms in total. The summed E-state index contributed by atoms with van der Waals surface area (Å²) >= 11 is 0.